The Hall–Kier alpha value is -7.57. The zero-order valence-corrected chi connectivity index (χ0v) is 41.1. The van der Waals surface area contributed by atoms with Gasteiger partial charge in [-0.1, -0.05) is 19.6 Å². The number of fused-ring (bicyclic) bond motifs is 2. The minimum Gasteiger partial charge on any atom is -0.486 e. The molecule has 0 aliphatic heterocycles. The first-order chi connectivity index (χ1) is 34.8. The third kappa shape index (κ3) is 16.0. The van der Waals surface area contributed by atoms with E-state index in [1.165, 1.54) is 28.9 Å². The molecule has 0 spiro atoms. The Morgan fingerprint density at radius 2 is 0.919 bits per heavy atom. The van der Waals surface area contributed by atoms with Crippen LogP contribution in [0.5, 0.6) is 5.75 Å². The molecular weight excluding hydrogens is 972 g/mol. The molecule has 0 bridgehead atoms. The average molecular weight is 1030 g/mol. The van der Waals surface area contributed by atoms with Crippen molar-refractivity contribution in [2.75, 3.05) is 94.8 Å². The van der Waals surface area contributed by atoms with E-state index in [0.717, 1.165) is 67.2 Å². The van der Waals surface area contributed by atoms with Gasteiger partial charge in [0.05, 0.1) is 53.2 Å². The smallest absolute Gasteiger partial charge is 0.323 e. The molecule has 0 saturated carbocycles. The SMILES string of the molecule is C.CN(C)CCN(C)CCO.CN(C)CCN(C)CCOc1c(F)cc(-c2ccc(=O)n(Cc3ccc4[nH]c(=O)[nH]c4c3)n2)cc1F.O=c1[nH]c2ccc(Cn3nc(-c4cc(F)c(F)c(F)c4)ccc3=O)cc2[nH]1. The van der Waals surface area contributed by atoms with Crippen molar-refractivity contribution in [1.29, 1.82) is 0 Å². The Labute approximate surface area is 422 Å². The van der Waals surface area contributed by atoms with Crippen LogP contribution in [-0.2, 0) is 13.1 Å². The highest BCUT2D eigenvalue weighted by Gasteiger charge is 2.17. The van der Waals surface area contributed by atoms with Gasteiger partial charge < -0.3 is 49.4 Å². The van der Waals surface area contributed by atoms with Crippen LogP contribution in [0, 0.1) is 29.1 Å². The van der Waals surface area contributed by atoms with E-state index in [1.54, 1.807) is 36.4 Å². The quantitative estimate of drug-likeness (QED) is 0.0573. The first-order valence-corrected chi connectivity index (χ1v) is 22.9. The van der Waals surface area contributed by atoms with Crippen LogP contribution < -0.4 is 27.2 Å². The van der Waals surface area contributed by atoms with Gasteiger partial charge in [-0.25, -0.2) is 40.9 Å². The number of hydrogen-bond donors (Lipinski definition) is 5. The lowest BCUT2D eigenvalue weighted by molar-refractivity contribution is 0.209. The second-order valence-corrected chi connectivity index (χ2v) is 17.7. The summed E-state index contributed by atoms with van der Waals surface area (Å²) in [4.78, 5) is 66.1. The van der Waals surface area contributed by atoms with E-state index in [-0.39, 0.29) is 73.2 Å². The van der Waals surface area contributed by atoms with E-state index in [4.69, 9.17) is 9.84 Å². The number of aromatic amines is 4. The van der Waals surface area contributed by atoms with Crippen LogP contribution in [0.15, 0.2) is 104 Å². The Bertz CT molecular complexity index is 3340. The summed E-state index contributed by atoms with van der Waals surface area (Å²) in [5.41, 5.74) is 2.91. The summed E-state index contributed by atoms with van der Waals surface area (Å²) in [6.45, 7) is 5.61. The fourth-order valence-corrected chi connectivity index (χ4v) is 7.12. The minimum atomic E-state index is -1.57. The molecule has 0 atom stereocenters. The summed E-state index contributed by atoms with van der Waals surface area (Å²) in [5.74, 6) is -6.38. The Morgan fingerprint density at radius 1 is 0.514 bits per heavy atom. The molecule has 4 aromatic carbocycles. The number of nitrogens with zero attached hydrogens (tertiary/aromatic N) is 8. The van der Waals surface area contributed by atoms with Gasteiger partial charge in [0.2, 0.25) is 0 Å². The highest BCUT2D eigenvalue weighted by molar-refractivity contribution is 5.75. The molecule has 0 amide bonds. The number of likely N-dealkylation sites (N-methyl/N-ethyl adjacent to an activating group) is 4. The summed E-state index contributed by atoms with van der Waals surface area (Å²) < 4.78 is 77.2. The third-order valence-corrected chi connectivity index (χ3v) is 11.2. The second kappa shape index (κ2) is 26.4. The highest BCUT2D eigenvalue weighted by Crippen LogP contribution is 2.28. The summed E-state index contributed by atoms with van der Waals surface area (Å²) in [5, 5.41) is 16.9. The maximum atomic E-state index is 14.7. The number of aromatic nitrogens is 8. The predicted molar refractivity (Wildman–Crippen MR) is 275 cm³/mol. The van der Waals surface area contributed by atoms with Gasteiger partial charge in [0, 0.05) is 62.5 Å². The van der Waals surface area contributed by atoms with E-state index in [0.29, 0.717) is 34.2 Å². The number of hydrogen-bond acceptors (Lipinski definition) is 12. The van der Waals surface area contributed by atoms with Crippen LogP contribution in [0.1, 0.15) is 18.6 Å². The van der Waals surface area contributed by atoms with Gasteiger partial charge in [-0.05, 0) is 114 Å². The number of halogens is 5. The normalized spacial score (nSPS) is 11.3. The lowest BCUT2D eigenvalue weighted by Gasteiger charge is -2.19. The van der Waals surface area contributed by atoms with Crippen LogP contribution in [-0.4, -0.2) is 159 Å². The van der Waals surface area contributed by atoms with E-state index in [1.807, 2.05) is 47.2 Å². The zero-order chi connectivity index (χ0) is 52.9. The topological polar surface area (TPSA) is 209 Å². The van der Waals surface area contributed by atoms with Gasteiger partial charge in [-0.2, -0.15) is 10.2 Å². The number of benzene rings is 4. The largest absolute Gasteiger partial charge is 0.486 e. The number of imidazole rings is 2. The Morgan fingerprint density at radius 3 is 1.34 bits per heavy atom. The van der Waals surface area contributed by atoms with Gasteiger partial charge >= 0.3 is 11.4 Å². The molecule has 0 radical (unpaired) electrons. The molecule has 0 saturated heterocycles. The van der Waals surface area contributed by atoms with Crippen LogP contribution in [0.2, 0.25) is 0 Å². The molecule has 18 nitrogen and oxygen atoms in total. The first kappa shape index (κ1) is 57.3. The van der Waals surface area contributed by atoms with Gasteiger partial charge in [-0.3, -0.25) is 9.59 Å². The van der Waals surface area contributed by atoms with E-state index in [9.17, 15) is 41.1 Å². The van der Waals surface area contributed by atoms with Crippen molar-refractivity contribution < 1.29 is 31.8 Å². The Balaban J connectivity index is 0.000000235. The number of ether oxygens (including phenoxy) is 1. The highest BCUT2D eigenvalue weighted by atomic mass is 19.2. The number of H-pyrrole nitrogens is 4. The van der Waals surface area contributed by atoms with Crippen LogP contribution >= 0.6 is 0 Å². The van der Waals surface area contributed by atoms with E-state index < -0.39 is 40.4 Å². The van der Waals surface area contributed by atoms with Gasteiger partial charge in [-0.15, -0.1) is 0 Å². The van der Waals surface area contributed by atoms with E-state index >= 15 is 0 Å². The fraction of sp³-hybridized carbons (Fsp3) is 0.333. The summed E-state index contributed by atoms with van der Waals surface area (Å²) in [7, 11) is 12.0. The summed E-state index contributed by atoms with van der Waals surface area (Å²) >= 11 is 0. The van der Waals surface area contributed by atoms with Crippen molar-refractivity contribution in [3.05, 3.63) is 167 Å². The standard InChI is InChI=1S/C25H28F2N6O3.C18H11F3N4O2.C7H18N2O.CH4/c1-31(2)8-9-32(3)10-11-36-24-18(26)13-17(14-19(24)27)20-6-7-23(34)33(30-20)15-16-4-5-21-22(12-16)29-25(35)28-21;19-11-6-10(7-12(20)17(11)21)13-3-4-16(26)25(24-13)8-9-1-2-14-15(5-9)23-18(27)22-14;1-8(2)4-5-9(3)6-7-10;/h4-7,12-14H,8-11,15H2,1-3H3,(H2,28,29,35);1-7H,8H2,(H2,22,23,27);10H,4-7H2,1-3H3;1H4. The monoisotopic (exact) mass is 1030 g/mol. The van der Waals surface area contributed by atoms with Gasteiger partial charge in [0.25, 0.3) is 11.1 Å². The average Bonchev–Trinajstić information content (AvgIpc) is 3.91. The summed E-state index contributed by atoms with van der Waals surface area (Å²) in [6, 6.07) is 19.4. The van der Waals surface area contributed by atoms with Gasteiger partial charge in [0.1, 0.15) is 6.61 Å². The predicted octanol–water partition coefficient (Wildman–Crippen LogP) is 4.93. The molecule has 396 valence electrons. The van der Waals surface area contributed by atoms with Crippen LogP contribution in [0.4, 0.5) is 22.0 Å². The van der Waals surface area contributed by atoms with Crippen molar-refractivity contribution in [3.63, 3.8) is 0 Å². The molecule has 0 unspecified atom stereocenters. The molecule has 4 heterocycles. The molecule has 8 aromatic rings. The van der Waals surface area contributed by atoms with Crippen molar-refractivity contribution in [2.45, 2.75) is 20.5 Å². The van der Waals surface area contributed by atoms with Crippen molar-refractivity contribution in [1.82, 2.24) is 59.1 Å². The molecule has 23 heteroatoms. The molecular formula is C51H61F5N12O6. The number of aliphatic hydroxyl groups excluding tert-OH is 1. The van der Waals surface area contributed by atoms with E-state index in [2.05, 4.69) is 44.8 Å². The van der Waals surface area contributed by atoms with Gasteiger partial charge in [0.15, 0.2) is 34.8 Å². The maximum Gasteiger partial charge on any atom is 0.323 e. The van der Waals surface area contributed by atoms with Crippen molar-refractivity contribution in [2.24, 2.45) is 0 Å². The summed E-state index contributed by atoms with van der Waals surface area (Å²) in [6.07, 6.45) is 0. The maximum absolute atomic E-state index is 14.7. The Kier molecular flexibility index (Phi) is 20.5. The second-order valence-electron chi connectivity index (χ2n) is 17.7. The van der Waals surface area contributed by atoms with Crippen LogP contribution in [0.3, 0.4) is 0 Å². The zero-order valence-electron chi connectivity index (χ0n) is 41.1. The molecule has 5 N–H and O–H groups in total. The molecule has 0 aliphatic carbocycles. The fourth-order valence-electron chi connectivity index (χ4n) is 7.12. The lowest BCUT2D eigenvalue weighted by Crippen LogP contribution is -2.31. The number of aliphatic hydroxyl groups is 1. The molecule has 0 aliphatic rings. The third-order valence-electron chi connectivity index (χ3n) is 11.2. The lowest BCUT2D eigenvalue weighted by atomic mass is 10.1. The number of rotatable bonds is 18. The number of nitrogens with one attached hydrogen (secondary N) is 4. The molecule has 74 heavy (non-hydrogen) atoms. The van der Waals surface area contributed by atoms with Crippen molar-refractivity contribution in [3.8, 4) is 28.3 Å². The van der Waals surface area contributed by atoms with Crippen LogP contribution in [0.25, 0.3) is 44.6 Å². The first-order valence-electron chi connectivity index (χ1n) is 22.9. The van der Waals surface area contributed by atoms with Crippen molar-refractivity contribution >= 4 is 22.1 Å². The molecule has 8 rings (SSSR count). The molecule has 0 fully saturated rings. The molecule has 4 aromatic heterocycles. The minimum absolute atomic E-state index is 0.